The number of amides is 2. The number of rotatable bonds is 9. The lowest BCUT2D eigenvalue weighted by Crippen LogP contribution is -2.48. The van der Waals surface area contributed by atoms with Crippen molar-refractivity contribution in [3.63, 3.8) is 0 Å². The summed E-state index contributed by atoms with van der Waals surface area (Å²) in [6.07, 6.45) is 4.35. The molecule has 0 aliphatic carbocycles. The number of hydrogen-bond acceptors (Lipinski definition) is 8. The fraction of sp³-hybridized carbons (Fsp3) is 0.417. The van der Waals surface area contributed by atoms with E-state index in [1.807, 2.05) is 36.1 Å². The van der Waals surface area contributed by atoms with Gasteiger partial charge in [0.05, 0.1) is 25.3 Å². The number of nitrogens with zero attached hydrogens (tertiary/aromatic N) is 5. The average molecular weight is 452 g/mol. The first-order valence-corrected chi connectivity index (χ1v) is 11.2. The highest BCUT2D eigenvalue weighted by atomic mass is 16.5. The van der Waals surface area contributed by atoms with Crippen LogP contribution in [0.5, 0.6) is 5.75 Å². The molecule has 3 heterocycles. The van der Waals surface area contributed by atoms with Gasteiger partial charge in [-0.2, -0.15) is 0 Å². The van der Waals surface area contributed by atoms with Crippen LogP contribution in [-0.4, -0.2) is 84.6 Å². The third kappa shape index (κ3) is 4.83. The molecule has 1 aromatic carbocycles. The van der Waals surface area contributed by atoms with Crippen LogP contribution in [0.15, 0.2) is 48.4 Å². The molecule has 0 bridgehead atoms. The number of ether oxygens (including phenoxy) is 2. The largest absolute Gasteiger partial charge is 0.494 e. The highest BCUT2D eigenvalue weighted by Crippen LogP contribution is 2.33. The molecule has 2 aromatic rings. The van der Waals surface area contributed by atoms with Gasteiger partial charge in [0.1, 0.15) is 11.4 Å². The van der Waals surface area contributed by atoms with Gasteiger partial charge in [-0.3, -0.25) is 14.5 Å². The zero-order valence-electron chi connectivity index (χ0n) is 19.1. The minimum Gasteiger partial charge on any atom is -0.494 e. The van der Waals surface area contributed by atoms with Crippen LogP contribution in [0.1, 0.15) is 18.9 Å². The Bertz CT molecular complexity index is 1000. The second-order valence-electron chi connectivity index (χ2n) is 7.87. The summed E-state index contributed by atoms with van der Waals surface area (Å²) in [5.41, 5.74) is 1.59. The summed E-state index contributed by atoms with van der Waals surface area (Å²) in [6, 6.07) is 9.16. The van der Waals surface area contributed by atoms with E-state index in [-0.39, 0.29) is 18.4 Å². The molecule has 0 spiro atoms. The van der Waals surface area contributed by atoms with Crippen LogP contribution in [0.2, 0.25) is 0 Å². The second kappa shape index (κ2) is 10.4. The van der Waals surface area contributed by atoms with Crippen molar-refractivity contribution < 1.29 is 19.1 Å². The molecule has 0 saturated carbocycles. The molecule has 0 unspecified atom stereocenters. The summed E-state index contributed by atoms with van der Waals surface area (Å²) in [5, 5.41) is 0. The summed E-state index contributed by atoms with van der Waals surface area (Å²) >= 11 is 0. The molecule has 1 fully saturated rings. The maximum Gasteiger partial charge on any atom is 0.277 e. The summed E-state index contributed by atoms with van der Waals surface area (Å²) < 4.78 is 10.8. The van der Waals surface area contributed by atoms with Gasteiger partial charge in [-0.15, -0.1) is 0 Å². The Morgan fingerprint density at radius 3 is 2.21 bits per heavy atom. The summed E-state index contributed by atoms with van der Waals surface area (Å²) in [6.45, 7) is 5.68. The van der Waals surface area contributed by atoms with Crippen LogP contribution >= 0.6 is 0 Å². The first kappa shape index (κ1) is 22.7. The molecular formula is C24H29N5O4. The third-order valence-electron chi connectivity index (χ3n) is 5.71. The Balaban J connectivity index is 1.60. The van der Waals surface area contributed by atoms with Crippen LogP contribution in [-0.2, 0) is 14.3 Å². The van der Waals surface area contributed by atoms with Crippen LogP contribution < -0.4 is 9.64 Å². The van der Waals surface area contributed by atoms with E-state index >= 15 is 0 Å². The van der Waals surface area contributed by atoms with Gasteiger partial charge >= 0.3 is 0 Å². The number of methoxy groups -OCH3 is 1. The van der Waals surface area contributed by atoms with Crippen molar-refractivity contribution >= 4 is 23.3 Å². The van der Waals surface area contributed by atoms with Crippen molar-refractivity contribution in [2.24, 2.45) is 0 Å². The number of piperazine rings is 1. The Kier molecular flexibility index (Phi) is 7.19. The van der Waals surface area contributed by atoms with Crippen molar-refractivity contribution in [3.05, 3.63) is 54.0 Å². The van der Waals surface area contributed by atoms with E-state index in [0.717, 1.165) is 12.2 Å². The van der Waals surface area contributed by atoms with E-state index in [0.29, 0.717) is 62.2 Å². The molecule has 1 saturated heterocycles. The van der Waals surface area contributed by atoms with Crippen LogP contribution in [0.3, 0.4) is 0 Å². The molecule has 2 aliphatic heterocycles. The van der Waals surface area contributed by atoms with E-state index in [4.69, 9.17) is 9.47 Å². The van der Waals surface area contributed by atoms with E-state index in [2.05, 4.69) is 14.9 Å². The molecule has 2 amide bonds. The number of imide groups is 1. The Labute approximate surface area is 193 Å². The average Bonchev–Trinajstić information content (AvgIpc) is 3.11. The molecule has 0 atom stereocenters. The smallest absolute Gasteiger partial charge is 0.277 e. The minimum atomic E-state index is -0.289. The molecule has 0 radical (unpaired) electrons. The lowest BCUT2D eigenvalue weighted by atomic mass is 10.0. The van der Waals surface area contributed by atoms with Gasteiger partial charge in [-0.1, -0.05) is 19.1 Å². The molecule has 33 heavy (non-hydrogen) atoms. The SMILES string of the molecule is CCCOc1ccc(C2=C(N3CCN(c4ncccn4)CC3)C(=O)N(CCOC)C2=O)cc1. The quantitative estimate of drug-likeness (QED) is 0.534. The molecule has 2 aliphatic rings. The van der Waals surface area contributed by atoms with Gasteiger partial charge < -0.3 is 19.3 Å². The van der Waals surface area contributed by atoms with E-state index in [9.17, 15) is 9.59 Å². The third-order valence-corrected chi connectivity index (χ3v) is 5.71. The fourth-order valence-corrected chi connectivity index (χ4v) is 4.02. The second-order valence-corrected chi connectivity index (χ2v) is 7.87. The molecule has 1 aromatic heterocycles. The molecule has 0 N–H and O–H groups in total. The van der Waals surface area contributed by atoms with Crippen LogP contribution in [0, 0.1) is 0 Å². The maximum atomic E-state index is 13.4. The summed E-state index contributed by atoms with van der Waals surface area (Å²) in [4.78, 5) is 40.7. The molecule has 9 nitrogen and oxygen atoms in total. The fourth-order valence-electron chi connectivity index (χ4n) is 4.02. The standard InChI is InChI=1S/C24H29N5O4/c1-3-16-33-19-7-5-18(6-8-19)20-21(23(31)29(22(20)30)15-17-32-2)27-11-13-28(14-12-27)24-25-9-4-10-26-24/h4-10H,3,11-17H2,1-2H3. The van der Waals surface area contributed by atoms with Crippen molar-refractivity contribution in [3.8, 4) is 5.75 Å². The minimum absolute atomic E-state index is 0.219. The van der Waals surface area contributed by atoms with E-state index in [1.54, 1.807) is 25.6 Å². The van der Waals surface area contributed by atoms with Crippen molar-refractivity contribution in [1.29, 1.82) is 0 Å². The normalized spacial score (nSPS) is 16.7. The van der Waals surface area contributed by atoms with Gasteiger partial charge in [0, 0.05) is 45.7 Å². The van der Waals surface area contributed by atoms with E-state index in [1.165, 1.54) is 4.90 Å². The maximum absolute atomic E-state index is 13.4. The van der Waals surface area contributed by atoms with Gasteiger partial charge in [-0.05, 0) is 30.2 Å². The van der Waals surface area contributed by atoms with E-state index < -0.39 is 0 Å². The topological polar surface area (TPSA) is 88.1 Å². The Morgan fingerprint density at radius 2 is 1.58 bits per heavy atom. The monoisotopic (exact) mass is 451 g/mol. The number of carbonyl (C=O) groups is 2. The predicted octanol–water partition coefficient (Wildman–Crippen LogP) is 1.81. The van der Waals surface area contributed by atoms with Crippen molar-refractivity contribution in [1.82, 2.24) is 19.8 Å². The first-order valence-electron chi connectivity index (χ1n) is 11.2. The van der Waals surface area contributed by atoms with Crippen molar-refractivity contribution in [2.45, 2.75) is 13.3 Å². The lowest BCUT2D eigenvalue weighted by Gasteiger charge is -2.36. The first-order chi connectivity index (χ1) is 16.1. The molecular weight excluding hydrogens is 422 g/mol. The predicted molar refractivity (Wildman–Crippen MR) is 124 cm³/mol. The molecule has 174 valence electrons. The van der Waals surface area contributed by atoms with Crippen LogP contribution in [0.4, 0.5) is 5.95 Å². The van der Waals surface area contributed by atoms with Gasteiger partial charge in [0.25, 0.3) is 11.8 Å². The van der Waals surface area contributed by atoms with Gasteiger partial charge in [0.2, 0.25) is 5.95 Å². The molecule has 9 heteroatoms. The Hall–Kier alpha value is -3.46. The molecule has 4 rings (SSSR count). The Morgan fingerprint density at radius 1 is 0.909 bits per heavy atom. The number of aromatic nitrogens is 2. The van der Waals surface area contributed by atoms with Crippen molar-refractivity contribution in [2.75, 3.05) is 57.9 Å². The van der Waals surface area contributed by atoms with Crippen LogP contribution in [0.25, 0.3) is 5.57 Å². The lowest BCUT2D eigenvalue weighted by molar-refractivity contribution is -0.138. The number of anilines is 1. The highest BCUT2D eigenvalue weighted by molar-refractivity contribution is 6.35. The zero-order valence-corrected chi connectivity index (χ0v) is 19.1. The summed E-state index contributed by atoms with van der Waals surface area (Å²) in [7, 11) is 1.56. The number of hydrogen-bond donors (Lipinski definition) is 0. The highest BCUT2D eigenvalue weighted by Gasteiger charge is 2.42. The van der Waals surface area contributed by atoms with Gasteiger partial charge in [0.15, 0.2) is 0 Å². The van der Waals surface area contributed by atoms with Gasteiger partial charge in [-0.25, -0.2) is 9.97 Å². The number of benzene rings is 1. The number of carbonyl (C=O) groups excluding carboxylic acids is 2. The zero-order chi connectivity index (χ0) is 23.2. The summed E-state index contributed by atoms with van der Waals surface area (Å²) in [5.74, 6) is 0.850.